The van der Waals surface area contributed by atoms with Crippen molar-refractivity contribution in [3.05, 3.63) is 38.7 Å². The summed E-state index contributed by atoms with van der Waals surface area (Å²) in [6, 6.07) is 4.07. The Balaban J connectivity index is 1.27. The Morgan fingerprint density at radius 2 is 1.93 bits per heavy atom. The fourth-order valence-electron chi connectivity index (χ4n) is 4.75. The van der Waals surface area contributed by atoms with Crippen molar-refractivity contribution >= 4 is 44.6 Å². The van der Waals surface area contributed by atoms with Crippen LogP contribution in [0.2, 0.25) is 0 Å². The van der Waals surface area contributed by atoms with Gasteiger partial charge in [0.2, 0.25) is 5.91 Å². The number of nitrogens with zero attached hydrogens (tertiary/aromatic N) is 4. The molecule has 0 atom stereocenters. The average Bonchev–Trinajstić information content (AvgIpc) is 3.38. The molecule has 5 nitrogen and oxygen atoms in total. The molecule has 3 aromatic rings. The molecule has 0 bridgehead atoms. The van der Waals surface area contributed by atoms with E-state index in [0.29, 0.717) is 12.3 Å². The Bertz CT molecular complexity index is 1080. The van der Waals surface area contributed by atoms with Gasteiger partial charge in [0.05, 0.1) is 11.8 Å². The maximum Gasteiger partial charge on any atom is 0.227 e. The Morgan fingerprint density at radius 3 is 2.70 bits per heavy atom. The molecule has 4 heterocycles. The van der Waals surface area contributed by atoms with E-state index in [9.17, 15) is 4.79 Å². The standard InChI is InChI=1S/C23H26N4OS2/c28-19(14-16-4-3-13-29-16)26-9-11-27(12-10-26)22-20-17-5-1-2-6-18(17)30-23(20)25-21(24-22)15-7-8-15/h3-4,13,15H,1-2,5-12,14H2. The molecule has 30 heavy (non-hydrogen) atoms. The highest BCUT2D eigenvalue weighted by Crippen LogP contribution is 2.44. The van der Waals surface area contributed by atoms with Crippen LogP contribution in [0.3, 0.4) is 0 Å². The second-order valence-corrected chi connectivity index (χ2v) is 10.8. The van der Waals surface area contributed by atoms with Gasteiger partial charge in [0.1, 0.15) is 16.5 Å². The molecule has 2 aliphatic carbocycles. The Hall–Kier alpha value is -1.99. The van der Waals surface area contributed by atoms with Gasteiger partial charge in [-0.25, -0.2) is 9.97 Å². The quantitative estimate of drug-likeness (QED) is 0.606. The largest absolute Gasteiger partial charge is 0.352 e. The van der Waals surface area contributed by atoms with Crippen molar-refractivity contribution in [3.63, 3.8) is 0 Å². The number of rotatable bonds is 4. The number of carbonyl (C=O) groups is 1. The molecule has 0 radical (unpaired) electrons. The van der Waals surface area contributed by atoms with Crippen LogP contribution in [0, 0.1) is 0 Å². The Morgan fingerprint density at radius 1 is 1.10 bits per heavy atom. The molecule has 0 aromatic carbocycles. The summed E-state index contributed by atoms with van der Waals surface area (Å²) in [4.78, 5) is 31.2. The molecule has 1 aliphatic heterocycles. The number of thiophene rings is 2. The first kappa shape index (κ1) is 18.8. The number of hydrogen-bond acceptors (Lipinski definition) is 6. The summed E-state index contributed by atoms with van der Waals surface area (Å²) in [5, 5.41) is 3.36. The van der Waals surface area contributed by atoms with Crippen molar-refractivity contribution < 1.29 is 4.79 Å². The highest BCUT2D eigenvalue weighted by Gasteiger charge is 2.32. The van der Waals surface area contributed by atoms with E-state index in [1.165, 1.54) is 52.8 Å². The molecule has 3 aromatic heterocycles. The maximum absolute atomic E-state index is 12.7. The van der Waals surface area contributed by atoms with Crippen molar-refractivity contribution in [3.8, 4) is 0 Å². The SMILES string of the molecule is O=C(Cc1cccs1)N1CCN(c2nc(C3CC3)nc3sc4c(c23)CCCC4)CC1. The third-order valence-electron chi connectivity index (χ3n) is 6.59. The van der Waals surface area contributed by atoms with E-state index in [-0.39, 0.29) is 5.91 Å². The lowest BCUT2D eigenvalue weighted by Crippen LogP contribution is -2.49. The van der Waals surface area contributed by atoms with Crippen LogP contribution in [0.15, 0.2) is 17.5 Å². The lowest BCUT2D eigenvalue weighted by atomic mass is 9.97. The van der Waals surface area contributed by atoms with Crippen molar-refractivity contribution in [2.24, 2.45) is 0 Å². The van der Waals surface area contributed by atoms with E-state index < -0.39 is 0 Å². The molecule has 3 aliphatic rings. The van der Waals surface area contributed by atoms with E-state index in [1.807, 2.05) is 27.7 Å². The molecule has 156 valence electrons. The average molecular weight is 439 g/mol. The normalized spacial score (nSPS) is 19.3. The van der Waals surface area contributed by atoms with Crippen molar-refractivity contribution in [2.45, 2.75) is 50.9 Å². The summed E-state index contributed by atoms with van der Waals surface area (Å²) in [6.45, 7) is 3.27. The highest BCUT2D eigenvalue weighted by atomic mass is 32.1. The number of anilines is 1. The van der Waals surface area contributed by atoms with Gasteiger partial charge in [0.25, 0.3) is 0 Å². The zero-order chi connectivity index (χ0) is 20.1. The smallest absolute Gasteiger partial charge is 0.227 e. The number of carbonyl (C=O) groups excluding carboxylic acids is 1. The summed E-state index contributed by atoms with van der Waals surface area (Å²) >= 11 is 3.57. The first-order chi connectivity index (χ1) is 14.8. The maximum atomic E-state index is 12.7. The molecule has 0 spiro atoms. The number of fused-ring (bicyclic) bond motifs is 3. The molecule has 1 saturated carbocycles. The number of amides is 1. The zero-order valence-corrected chi connectivity index (χ0v) is 18.7. The Labute approximate surface area is 184 Å². The van der Waals surface area contributed by atoms with Gasteiger partial charge in [-0.15, -0.1) is 22.7 Å². The van der Waals surface area contributed by atoms with Crippen LogP contribution in [-0.4, -0.2) is 47.0 Å². The van der Waals surface area contributed by atoms with Gasteiger partial charge in [-0.1, -0.05) is 6.07 Å². The van der Waals surface area contributed by atoms with Gasteiger partial charge in [-0.3, -0.25) is 4.79 Å². The Kier molecular flexibility index (Phi) is 4.76. The third kappa shape index (κ3) is 3.42. The molecule has 7 heteroatoms. The predicted molar refractivity (Wildman–Crippen MR) is 123 cm³/mol. The lowest BCUT2D eigenvalue weighted by molar-refractivity contribution is -0.130. The van der Waals surface area contributed by atoms with Crippen LogP contribution in [0.5, 0.6) is 0 Å². The van der Waals surface area contributed by atoms with E-state index in [4.69, 9.17) is 9.97 Å². The molecule has 0 N–H and O–H groups in total. The minimum Gasteiger partial charge on any atom is -0.352 e. The fourth-order valence-corrected chi connectivity index (χ4v) is 6.71. The molecule has 0 unspecified atom stereocenters. The van der Waals surface area contributed by atoms with Crippen LogP contribution in [0.1, 0.15) is 52.7 Å². The number of hydrogen-bond donors (Lipinski definition) is 0. The van der Waals surface area contributed by atoms with Crippen LogP contribution >= 0.6 is 22.7 Å². The number of aromatic nitrogens is 2. The molecule has 1 amide bonds. The summed E-state index contributed by atoms with van der Waals surface area (Å²) in [5.41, 5.74) is 1.51. The lowest BCUT2D eigenvalue weighted by Gasteiger charge is -2.36. The summed E-state index contributed by atoms with van der Waals surface area (Å²) in [7, 11) is 0. The number of piperazine rings is 1. The van der Waals surface area contributed by atoms with Crippen LogP contribution < -0.4 is 4.90 Å². The minimum absolute atomic E-state index is 0.247. The van der Waals surface area contributed by atoms with Crippen molar-refractivity contribution in [1.82, 2.24) is 14.9 Å². The second-order valence-electron chi connectivity index (χ2n) is 8.69. The van der Waals surface area contributed by atoms with Crippen molar-refractivity contribution in [1.29, 1.82) is 0 Å². The van der Waals surface area contributed by atoms with Crippen LogP contribution in [-0.2, 0) is 24.1 Å². The van der Waals surface area contributed by atoms with E-state index in [1.54, 1.807) is 11.3 Å². The van der Waals surface area contributed by atoms with Gasteiger partial charge < -0.3 is 9.80 Å². The molecular formula is C23H26N4OS2. The predicted octanol–water partition coefficient (Wildman–Crippen LogP) is 4.40. The molecule has 6 rings (SSSR count). The van der Waals surface area contributed by atoms with Crippen LogP contribution in [0.4, 0.5) is 5.82 Å². The minimum atomic E-state index is 0.247. The third-order valence-corrected chi connectivity index (χ3v) is 8.65. The monoisotopic (exact) mass is 438 g/mol. The fraction of sp³-hybridized carbons (Fsp3) is 0.522. The van der Waals surface area contributed by atoms with Gasteiger partial charge in [-0.05, 0) is 55.5 Å². The van der Waals surface area contributed by atoms with Gasteiger partial charge >= 0.3 is 0 Å². The number of aryl methyl sites for hydroxylation is 2. The highest BCUT2D eigenvalue weighted by molar-refractivity contribution is 7.19. The van der Waals surface area contributed by atoms with Crippen LogP contribution in [0.25, 0.3) is 10.2 Å². The van der Waals surface area contributed by atoms with Gasteiger partial charge in [-0.2, -0.15) is 0 Å². The van der Waals surface area contributed by atoms with Crippen molar-refractivity contribution in [2.75, 3.05) is 31.1 Å². The second kappa shape index (κ2) is 7.61. The summed E-state index contributed by atoms with van der Waals surface area (Å²) in [5.74, 6) is 3.00. The van der Waals surface area contributed by atoms with E-state index in [2.05, 4.69) is 11.0 Å². The summed E-state index contributed by atoms with van der Waals surface area (Å²) in [6.07, 6.45) is 7.89. The topological polar surface area (TPSA) is 49.3 Å². The van der Waals surface area contributed by atoms with Gasteiger partial charge in [0.15, 0.2) is 0 Å². The molecule has 2 fully saturated rings. The zero-order valence-electron chi connectivity index (χ0n) is 17.1. The summed E-state index contributed by atoms with van der Waals surface area (Å²) < 4.78 is 0. The first-order valence-corrected chi connectivity index (χ1v) is 12.8. The first-order valence-electron chi connectivity index (χ1n) is 11.1. The molecule has 1 saturated heterocycles. The molecular weight excluding hydrogens is 412 g/mol. The van der Waals surface area contributed by atoms with Gasteiger partial charge in [0, 0.05) is 41.9 Å². The van der Waals surface area contributed by atoms with E-state index in [0.717, 1.165) is 49.1 Å². The van der Waals surface area contributed by atoms with E-state index >= 15 is 0 Å².